The molecule has 0 aliphatic heterocycles. The van der Waals surface area contributed by atoms with Gasteiger partial charge in [0, 0.05) is 18.2 Å². The Morgan fingerprint density at radius 1 is 1.22 bits per heavy atom. The molecule has 96 valence electrons. The summed E-state index contributed by atoms with van der Waals surface area (Å²) in [6.45, 7) is 2.10. The van der Waals surface area contributed by atoms with E-state index in [2.05, 4.69) is 12.0 Å². The second-order valence-electron chi connectivity index (χ2n) is 4.18. The summed E-state index contributed by atoms with van der Waals surface area (Å²) in [6.07, 6.45) is 1.84. The number of hydrogen-bond donors (Lipinski definition) is 1. The Bertz CT molecular complexity index is 556. The van der Waals surface area contributed by atoms with Crippen LogP contribution in [0.15, 0.2) is 18.2 Å². The van der Waals surface area contributed by atoms with Gasteiger partial charge < -0.3 is 5.73 Å². The fourth-order valence-corrected chi connectivity index (χ4v) is 2.60. The minimum absolute atomic E-state index is 0.591. The molecule has 5 heteroatoms. The second kappa shape index (κ2) is 5.21. The van der Waals surface area contributed by atoms with E-state index in [0.717, 1.165) is 29.7 Å². The minimum Gasteiger partial charge on any atom is -0.383 e. The van der Waals surface area contributed by atoms with Gasteiger partial charge in [0.2, 0.25) is 0 Å². The molecule has 0 saturated heterocycles. The van der Waals surface area contributed by atoms with Crippen molar-refractivity contribution in [2.45, 2.75) is 19.8 Å². The van der Waals surface area contributed by atoms with Crippen molar-refractivity contribution in [1.29, 1.82) is 0 Å². The number of halogens is 2. The van der Waals surface area contributed by atoms with Crippen LogP contribution in [0.5, 0.6) is 0 Å². The summed E-state index contributed by atoms with van der Waals surface area (Å²) >= 11 is 12.5. The Kier molecular flexibility index (Phi) is 3.83. The van der Waals surface area contributed by atoms with E-state index in [1.807, 2.05) is 25.2 Å². The molecule has 0 radical (unpaired) electrons. The summed E-state index contributed by atoms with van der Waals surface area (Å²) in [5, 5.41) is 5.63. The lowest BCUT2D eigenvalue weighted by Crippen LogP contribution is -1.98. The molecule has 0 aliphatic carbocycles. The topological polar surface area (TPSA) is 43.8 Å². The highest BCUT2D eigenvalue weighted by molar-refractivity contribution is 6.39. The lowest BCUT2D eigenvalue weighted by molar-refractivity contribution is 0.741. The van der Waals surface area contributed by atoms with Gasteiger partial charge in [-0.1, -0.05) is 42.6 Å². The molecule has 2 N–H and O–H groups in total. The molecule has 0 saturated carbocycles. The Morgan fingerprint density at radius 3 is 2.39 bits per heavy atom. The van der Waals surface area contributed by atoms with Crippen molar-refractivity contribution >= 4 is 29.0 Å². The maximum absolute atomic E-state index is 6.24. The van der Waals surface area contributed by atoms with Gasteiger partial charge in [-0.15, -0.1) is 0 Å². The summed E-state index contributed by atoms with van der Waals surface area (Å²) in [6, 6.07) is 5.44. The summed E-state index contributed by atoms with van der Waals surface area (Å²) in [5.74, 6) is 0.591. The van der Waals surface area contributed by atoms with Crippen molar-refractivity contribution < 1.29 is 0 Å². The van der Waals surface area contributed by atoms with Crippen LogP contribution < -0.4 is 5.73 Å². The Morgan fingerprint density at radius 2 is 1.83 bits per heavy atom. The Hall–Kier alpha value is -1.19. The first-order valence-corrected chi connectivity index (χ1v) is 6.57. The second-order valence-corrected chi connectivity index (χ2v) is 4.99. The summed E-state index contributed by atoms with van der Waals surface area (Å²) in [4.78, 5) is 0. The number of aryl methyl sites for hydroxylation is 2. The van der Waals surface area contributed by atoms with Crippen LogP contribution in [0.1, 0.15) is 19.0 Å². The van der Waals surface area contributed by atoms with Crippen LogP contribution in [0, 0.1) is 0 Å². The molecule has 0 fully saturated rings. The predicted molar refractivity (Wildman–Crippen MR) is 77.1 cm³/mol. The number of aromatic nitrogens is 2. The highest BCUT2D eigenvalue weighted by atomic mass is 35.5. The Labute approximate surface area is 117 Å². The van der Waals surface area contributed by atoms with E-state index in [0.29, 0.717) is 15.9 Å². The zero-order valence-corrected chi connectivity index (χ0v) is 11.9. The minimum atomic E-state index is 0.591. The molecule has 0 unspecified atom stereocenters. The lowest BCUT2D eigenvalue weighted by atomic mass is 10.0. The van der Waals surface area contributed by atoms with Gasteiger partial charge in [-0.3, -0.25) is 4.68 Å². The summed E-state index contributed by atoms with van der Waals surface area (Å²) < 4.78 is 1.67. The fraction of sp³-hybridized carbons (Fsp3) is 0.308. The molecule has 0 aliphatic rings. The van der Waals surface area contributed by atoms with E-state index in [-0.39, 0.29) is 0 Å². The van der Waals surface area contributed by atoms with Crippen molar-refractivity contribution in [3.8, 4) is 11.1 Å². The molecule has 1 aromatic heterocycles. The van der Waals surface area contributed by atoms with Crippen LogP contribution in [0.25, 0.3) is 11.1 Å². The van der Waals surface area contributed by atoms with E-state index >= 15 is 0 Å². The van der Waals surface area contributed by atoms with Gasteiger partial charge >= 0.3 is 0 Å². The van der Waals surface area contributed by atoms with E-state index in [1.165, 1.54) is 0 Å². The molecule has 1 aromatic carbocycles. The Balaban J connectivity index is 2.70. The molecule has 18 heavy (non-hydrogen) atoms. The number of anilines is 1. The number of hydrogen-bond acceptors (Lipinski definition) is 2. The highest BCUT2D eigenvalue weighted by Gasteiger charge is 2.19. The van der Waals surface area contributed by atoms with Gasteiger partial charge in [0.25, 0.3) is 0 Å². The normalized spacial score (nSPS) is 10.9. The first-order valence-electron chi connectivity index (χ1n) is 5.82. The maximum atomic E-state index is 6.24. The van der Waals surface area contributed by atoms with Crippen molar-refractivity contribution in [2.24, 2.45) is 7.05 Å². The van der Waals surface area contributed by atoms with E-state index in [9.17, 15) is 0 Å². The molecule has 0 spiro atoms. The monoisotopic (exact) mass is 283 g/mol. The van der Waals surface area contributed by atoms with Crippen LogP contribution in [0.2, 0.25) is 10.0 Å². The number of nitrogens with two attached hydrogens (primary N) is 1. The number of nitrogen functional groups attached to an aromatic ring is 1. The zero-order chi connectivity index (χ0) is 13.3. The standard InChI is InChI=1S/C13H15Cl2N3/c1-3-5-10-12(13(16)18(2)17-10)11-8(14)6-4-7-9(11)15/h4,6-7H,3,5,16H2,1-2H3. The zero-order valence-electron chi connectivity index (χ0n) is 10.4. The molecule has 0 atom stereocenters. The fourth-order valence-electron chi connectivity index (χ4n) is 2.02. The predicted octanol–water partition coefficient (Wildman–Crippen LogP) is 3.93. The highest BCUT2D eigenvalue weighted by Crippen LogP contribution is 2.39. The van der Waals surface area contributed by atoms with Gasteiger partial charge in [0.05, 0.1) is 15.7 Å². The lowest BCUT2D eigenvalue weighted by Gasteiger charge is -2.08. The molecular weight excluding hydrogens is 269 g/mol. The van der Waals surface area contributed by atoms with Crippen LogP contribution in [0.3, 0.4) is 0 Å². The van der Waals surface area contributed by atoms with E-state index in [1.54, 1.807) is 4.68 Å². The molecule has 0 amide bonds. The SMILES string of the molecule is CCCc1nn(C)c(N)c1-c1c(Cl)cccc1Cl. The summed E-state index contributed by atoms with van der Waals surface area (Å²) in [7, 11) is 1.82. The average molecular weight is 284 g/mol. The number of benzene rings is 1. The van der Waals surface area contributed by atoms with Crippen molar-refractivity contribution in [3.63, 3.8) is 0 Å². The third-order valence-electron chi connectivity index (χ3n) is 2.86. The smallest absolute Gasteiger partial charge is 0.129 e. The third-order valence-corrected chi connectivity index (χ3v) is 3.49. The van der Waals surface area contributed by atoms with Crippen LogP contribution in [0.4, 0.5) is 5.82 Å². The molecule has 2 rings (SSSR count). The first-order chi connectivity index (χ1) is 8.56. The quantitative estimate of drug-likeness (QED) is 0.928. The maximum Gasteiger partial charge on any atom is 0.129 e. The van der Waals surface area contributed by atoms with Gasteiger partial charge in [0.15, 0.2) is 0 Å². The van der Waals surface area contributed by atoms with Gasteiger partial charge in [-0.05, 0) is 18.6 Å². The molecule has 0 bridgehead atoms. The van der Waals surface area contributed by atoms with Gasteiger partial charge in [-0.25, -0.2) is 0 Å². The first kappa shape index (κ1) is 13.2. The number of rotatable bonds is 3. The van der Waals surface area contributed by atoms with Crippen LogP contribution in [-0.2, 0) is 13.5 Å². The van der Waals surface area contributed by atoms with E-state index in [4.69, 9.17) is 28.9 Å². The molecule has 3 nitrogen and oxygen atoms in total. The van der Waals surface area contributed by atoms with Crippen molar-refractivity contribution in [3.05, 3.63) is 33.9 Å². The van der Waals surface area contributed by atoms with Crippen LogP contribution in [-0.4, -0.2) is 9.78 Å². The van der Waals surface area contributed by atoms with Crippen molar-refractivity contribution in [1.82, 2.24) is 9.78 Å². The van der Waals surface area contributed by atoms with Crippen molar-refractivity contribution in [2.75, 3.05) is 5.73 Å². The number of nitrogens with zero attached hydrogens (tertiary/aromatic N) is 2. The largest absolute Gasteiger partial charge is 0.383 e. The van der Waals surface area contributed by atoms with E-state index < -0.39 is 0 Å². The van der Waals surface area contributed by atoms with Gasteiger partial charge in [-0.2, -0.15) is 5.10 Å². The third kappa shape index (κ3) is 2.20. The van der Waals surface area contributed by atoms with Crippen LogP contribution >= 0.6 is 23.2 Å². The molecule has 1 heterocycles. The molecular formula is C13H15Cl2N3. The summed E-state index contributed by atoms with van der Waals surface area (Å²) in [5.41, 5.74) is 8.65. The average Bonchev–Trinajstić information content (AvgIpc) is 2.57. The van der Waals surface area contributed by atoms with Gasteiger partial charge in [0.1, 0.15) is 5.82 Å². The molecule has 2 aromatic rings.